The van der Waals surface area contributed by atoms with E-state index in [4.69, 9.17) is 4.74 Å². The molecule has 0 radical (unpaired) electrons. The molecule has 2 rings (SSSR count). The van der Waals surface area contributed by atoms with Crippen LogP contribution >= 0.6 is 0 Å². The summed E-state index contributed by atoms with van der Waals surface area (Å²) in [4.78, 5) is 0. The molecule has 0 N–H and O–H groups in total. The van der Waals surface area contributed by atoms with Gasteiger partial charge in [-0.2, -0.15) is 0 Å². The predicted molar refractivity (Wildman–Crippen MR) is 67.5 cm³/mol. The maximum Gasteiger partial charge on any atom is 0.0705 e. The molecule has 0 spiro atoms. The number of benzene rings is 1. The van der Waals surface area contributed by atoms with E-state index in [0.717, 1.165) is 6.61 Å². The van der Waals surface area contributed by atoms with Crippen molar-refractivity contribution < 1.29 is 4.74 Å². The van der Waals surface area contributed by atoms with Gasteiger partial charge >= 0.3 is 0 Å². The molecular weight excluding hydrogens is 196 g/mol. The van der Waals surface area contributed by atoms with Crippen LogP contribution in [-0.4, -0.2) is 12.7 Å². The summed E-state index contributed by atoms with van der Waals surface area (Å²) in [6.45, 7) is 7.42. The van der Waals surface area contributed by atoms with Gasteiger partial charge in [-0.25, -0.2) is 0 Å². The van der Waals surface area contributed by atoms with Crippen LogP contribution in [0.15, 0.2) is 42.0 Å². The SMILES string of the molecule is CC1=C[C@@H](C)[C@H]([C@H](C)c2ccccc2)OC1. The van der Waals surface area contributed by atoms with Gasteiger partial charge in [-0.3, -0.25) is 0 Å². The second-order valence-corrected chi connectivity index (χ2v) is 4.85. The van der Waals surface area contributed by atoms with E-state index in [1.807, 2.05) is 0 Å². The third-order valence-corrected chi connectivity index (χ3v) is 3.39. The minimum Gasteiger partial charge on any atom is -0.373 e. The van der Waals surface area contributed by atoms with Gasteiger partial charge in [-0.1, -0.05) is 55.8 Å². The Bertz CT molecular complexity index is 366. The van der Waals surface area contributed by atoms with Crippen molar-refractivity contribution in [1.82, 2.24) is 0 Å². The molecule has 1 aliphatic heterocycles. The molecule has 1 nitrogen and oxygen atoms in total. The van der Waals surface area contributed by atoms with Crippen molar-refractivity contribution in [2.75, 3.05) is 6.61 Å². The first-order chi connectivity index (χ1) is 7.68. The molecule has 1 heterocycles. The van der Waals surface area contributed by atoms with Crippen molar-refractivity contribution in [1.29, 1.82) is 0 Å². The van der Waals surface area contributed by atoms with Crippen LogP contribution in [0.4, 0.5) is 0 Å². The van der Waals surface area contributed by atoms with Crippen LogP contribution < -0.4 is 0 Å². The summed E-state index contributed by atoms with van der Waals surface area (Å²) in [5.74, 6) is 0.963. The van der Waals surface area contributed by atoms with Crippen LogP contribution in [0.2, 0.25) is 0 Å². The van der Waals surface area contributed by atoms with Gasteiger partial charge in [0.15, 0.2) is 0 Å². The van der Waals surface area contributed by atoms with Crippen molar-refractivity contribution in [3.8, 4) is 0 Å². The van der Waals surface area contributed by atoms with Gasteiger partial charge in [-0.15, -0.1) is 0 Å². The molecule has 1 aromatic rings. The second-order valence-electron chi connectivity index (χ2n) is 4.85. The Kier molecular flexibility index (Phi) is 3.45. The molecule has 0 amide bonds. The summed E-state index contributed by atoms with van der Waals surface area (Å²) in [6, 6.07) is 10.6. The smallest absolute Gasteiger partial charge is 0.0705 e. The van der Waals surface area contributed by atoms with Crippen LogP contribution in [0.3, 0.4) is 0 Å². The molecule has 0 aromatic heterocycles. The predicted octanol–water partition coefficient (Wildman–Crippen LogP) is 3.77. The van der Waals surface area contributed by atoms with Gasteiger partial charge in [0.05, 0.1) is 12.7 Å². The third-order valence-electron chi connectivity index (χ3n) is 3.39. The molecular formula is C15H20O. The summed E-state index contributed by atoms with van der Waals surface area (Å²) in [7, 11) is 0. The van der Waals surface area contributed by atoms with Crippen molar-refractivity contribution in [2.45, 2.75) is 32.8 Å². The van der Waals surface area contributed by atoms with E-state index in [9.17, 15) is 0 Å². The quantitative estimate of drug-likeness (QED) is 0.684. The van der Waals surface area contributed by atoms with Gasteiger partial charge in [0.25, 0.3) is 0 Å². The number of hydrogen-bond donors (Lipinski definition) is 0. The molecule has 1 heteroatoms. The lowest BCUT2D eigenvalue weighted by molar-refractivity contribution is 0.0171. The van der Waals surface area contributed by atoms with Crippen molar-refractivity contribution in [3.63, 3.8) is 0 Å². The topological polar surface area (TPSA) is 9.23 Å². The van der Waals surface area contributed by atoms with Gasteiger partial charge in [-0.05, 0) is 12.5 Å². The van der Waals surface area contributed by atoms with Crippen molar-refractivity contribution in [2.24, 2.45) is 5.92 Å². The lowest BCUT2D eigenvalue weighted by Gasteiger charge is -2.32. The van der Waals surface area contributed by atoms with Crippen LogP contribution in [0.1, 0.15) is 32.3 Å². The average molecular weight is 216 g/mol. The summed E-state index contributed by atoms with van der Waals surface area (Å²) < 4.78 is 5.95. The first-order valence-corrected chi connectivity index (χ1v) is 6.02. The highest BCUT2D eigenvalue weighted by molar-refractivity contribution is 5.21. The van der Waals surface area contributed by atoms with Gasteiger partial charge in [0, 0.05) is 11.8 Å². The first-order valence-electron chi connectivity index (χ1n) is 6.02. The minimum atomic E-state index is 0.311. The van der Waals surface area contributed by atoms with E-state index < -0.39 is 0 Å². The lowest BCUT2D eigenvalue weighted by atomic mass is 9.86. The monoisotopic (exact) mass is 216 g/mol. The van der Waals surface area contributed by atoms with Crippen LogP contribution in [0.5, 0.6) is 0 Å². The zero-order valence-corrected chi connectivity index (χ0v) is 10.3. The van der Waals surface area contributed by atoms with E-state index in [1.54, 1.807) is 0 Å². The standard InChI is InChI=1S/C15H20O/c1-11-9-12(2)15(16-10-11)13(3)14-7-5-4-6-8-14/h4-9,12-13,15H,10H2,1-3H3/t12-,13-,15-/m1/s1. The van der Waals surface area contributed by atoms with Gasteiger partial charge in [0.1, 0.15) is 0 Å². The molecule has 0 bridgehead atoms. The Hall–Kier alpha value is -1.08. The summed E-state index contributed by atoms with van der Waals surface area (Å²) in [6.07, 6.45) is 2.65. The fourth-order valence-electron chi connectivity index (χ4n) is 2.52. The van der Waals surface area contributed by atoms with Gasteiger partial charge < -0.3 is 4.74 Å². The summed E-state index contributed by atoms with van der Waals surface area (Å²) in [5, 5.41) is 0. The Balaban J connectivity index is 2.14. The molecule has 1 aromatic carbocycles. The second kappa shape index (κ2) is 4.84. The summed E-state index contributed by atoms with van der Waals surface area (Å²) in [5.41, 5.74) is 2.72. The molecule has 86 valence electrons. The molecule has 0 fully saturated rings. The number of hydrogen-bond acceptors (Lipinski definition) is 1. The van der Waals surface area contributed by atoms with E-state index in [-0.39, 0.29) is 0 Å². The molecule has 0 aliphatic carbocycles. The fourth-order valence-corrected chi connectivity index (χ4v) is 2.52. The van der Waals surface area contributed by atoms with Crippen LogP contribution in [0.25, 0.3) is 0 Å². The number of ether oxygens (including phenoxy) is 1. The number of rotatable bonds is 2. The fraction of sp³-hybridized carbons (Fsp3) is 0.467. The highest BCUT2D eigenvalue weighted by atomic mass is 16.5. The van der Waals surface area contributed by atoms with Gasteiger partial charge in [0.2, 0.25) is 0 Å². The minimum absolute atomic E-state index is 0.311. The summed E-state index contributed by atoms with van der Waals surface area (Å²) >= 11 is 0. The molecule has 3 atom stereocenters. The Morgan fingerprint density at radius 2 is 1.94 bits per heavy atom. The largest absolute Gasteiger partial charge is 0.373 e. The molecule has 0 unspecified atom stereocenters. The van der Waals surface area contributed by atoms with E-state index in [1.165, 1.54) is 11.1 Å². The molecule has 0 saturated heterocycles. The van der Waals surface area contributed by atoms with Crippen molar-refractivity contribution >= 4 is 0 Å². The lowest BCUT2D eigenvalue weighted by Crippen LogP contribution is -2.30. The Morgan fingerprint density at radius 3 is 2.56 bits per heavy atom. The maximum atomic E-state index is 5.95. The van der Waals surface area contributed by atoms with Crippen molar-refractivity contribution in [3.05, 3.63) is 47.5 Å². The Labute approximate surface area is 98.1 Å². The normalized spacial score (nSPS) is 27.3. The van der Waals surface area contributed by atoms with E-state index >= 15 is 0 Å². The first kappa shape index (κ1) is 11.4. The highest BCUT2D eigenvalue weighted by Crippen LogP contribution is 2.30. The molecule has 16 heavy (non-hydrogen) atoms. The third kappa shape index (κ3) is 2.35. The van der Waals surface area contributed by atoms with E-state index in [2.05, 4.69) is 57.2 Å². The highest BCUT2D eigenvalue weighted by Gasteiger charge is 2.27. The van der Waals surface area contributed by atoms with E-state index in [0.29, 0.717) is 17.9 Å². The van der Waals surface area contributed by atoms with Crippen LogP contribution in [-0.2, 0) is 4.74 Å². The Morgan fingerprint density at radius 1 is 1.25 bits per heavy atom. The molecule has 1 aliphatic rings. The maximum absolute atomic E-state index is 5.95. The average Bonchev–Trinajstić information content (AvgIpc) is 2.29. The zero-order chi connectivity index (χ0) is 11.5. The van der Waals surface area contributed by atoms with Crippen LogP contribution in [0, 0.1) is 5.92 Å². The molecule has 0 saturated carbocycles. The zero-order valence-electron chi connectivity index (χ0n) is 10.3.